The van der Waals surface area contributed by atoms with Crippen LogP contribution in [0.1, 0.15) is 44.6 Å². The predicted octanol–water partition coefficient (Wildman–Crippen LogP) is 3.03. The number of rotatable bonds is 7. The smallest absolute Gasteiger partial charge is 0.317 e. The first kappa shape index (κ1) is 21.3. The van der Waals surface area contributed by atoms with Gasteiger partial charge in [-0.25, -0.2) is 4.79 Å². The summed E-state index contributed by atoms with van der Waals surface area (Å²) in [5.74, 6) is 1.49. The van der Waals surface area contributed by atoms with E-state index in [0.717, 1.165) is 44.2 Å². The number of hydrogen-bond donors (Lipinski definition) is 1. The van der Waals surface area contributed by atoms with E-state index in [1.165, 1.54) is 0 Å². The highest BCUT2D eigenvalue weighted by molar-refractivity contribution is 5.86. The van der Waals surface area contributed by atoms with Crippen LogP contribution < -0.4 is 14.8 Å². The Bertz CT molecular complexity index is 739. The van der Waals surface area contributed by atoms with Gasteiger partial charge in [0.05, 0.1) is 19.6 Å². The van der Waals surface area contributed by atoms with Crippen molar-refractivity contribution in [3.05, 3.63) is 23.8 Å². The van der Waals surface area contributed by atoms with Crippen LogP contribution in [0.3, 0.4) is 0 Å². The van der Waals surface area contributed by atoms with Crippen molar-refractivity contribution in [2.24, 2.45) is 5.41 Å². The Morgan fingerprint density at radius 3 is 2.76 bits per heavy atom. The summed E-state index contributed by atoms with van der Waals surface area (Å²) in [6, 6.07) is 5.69. The van der Waals surface area contributed by atoms with E-state index in [4.69, 9.17) is 9.47 Å². The van der Waals surface area contributed by atoms with Crippen LogP contribution in [0.2, 0.25) is 0 Å². The maximum absolute atomic E-state index is 13.4. The maximum Gasteiger partial charge on any atom is 0.317 e. The van der Waals surface area contributed by atoms with E-state index in [0.29, 0.717) is 37.7 Å². The second-order valence-electron chi connectivity index (χ2n) is 8.02. The second kappa shape index (κ2) is 9.37. The van der Waals surface area contributed by atoms with Gasteiger partial charge < -0.3 is 24.6 Å². The van der Waals surface area contributed by atoms with Crippen LogP contribution in [-0.2, 0) is 11.3 Å². The molecule has 0 aliphatic carbocycles. The lowest BCUT2D eigenvalue weighted by molar-refractivity contribution is -0.146. The van der Waals surface area contributed by atoms with Gasteiger partial charge in [0, 0.05) is 38.3 Å². The first-order valence-corrected chi connectivity index (χ1v) is 10.6. The van der Waals surface area contributed by atoms with Crippen LogP contribution >= 0.6 is 0 Å². The molecule has 0 aromatic heterocycles. The van der Waals surface area contributed by atoms with E-state index in [1.54, 1.807) is 14.2 Å². The molecule has 1 unspecified atom stereocenters. The summed E-state index contributed by atoms with van der Waals surface area (Å²) in [4.78, 5) is 29.6. The molecule has 1 spiro atoms. The van der Waals surface area contributed by atoms with Crippen LogP contribution in [-0.4, -0.2) is 62.1 Å². The molecule has 3 amide bonds. The van der Waals surface area contributed by atoms with Crippen molar-refractivity contribution in [2.75, 3.05) is 40.4 Å². The quantitative estimate of drug-likeness (QED) is 0.711. The van der Waals surface area contributed by atoms with Gasteiger partial charge in [-0.3, -0.25) is 4.79 Å². The number of urea groups is 1. The summed E-state index contributed by atoms with van der Waals surface area (Å²) in [6.07, 6.45) is 4.55. The average molecular weight is 404 g/mol. The Balaban J connectivity index is 1.69. The van der Waals surface area contributed by atoms with Crippen molar-refractivity contribution in [3.63, 3.8) is 0 Å². The van der Waals surface area contributed by atoms with E-state index in [2.05, 4.69) is 12.2 Å². The highest BCUT2D eigenvalue weighted by Gasteiger charge is 2.49. The number of nitrogens with zero attached hydrogens (tertiary/aromatic N) is 2. The molecule has 160 valence electrons. The summed E-state index contributed by atoms with van der Waals surface area (Å²) >= 11 is 0. The minimum absolute atomic E-state index is 0.0466. The molecule has 7 heteroatoms. The van der Waals surface area contributed by atoms with Crippen LogP contribution in [0.5, 0.6) is 11.5 Å². The van der Waals surface area contributed by atoms with Crippen molar-refractivity contribution in [3.8, 4) is 11.5 Å². The number of methoxy groups -OCH3 is 2. The van der Waals surface area contributed by atoms with Crippen molar-refractivity contribution < 1.29 is 19.1 Å². The van der Waals surface area contributed by atoms with E-state index in [9.17, 15) is 9.59 Å². The third-order valence-corrected chi connectivity index (χ3v) is 6.12. The molecule has 1 N–H and O–H groups in total. The molecule has 2 fully saturated rings. The molecular formula is C22H33N3O4. The van der Waals surface area contributed by atoms with Crippen molar-refractivity contribution in [1.29, 1.82) is 0 Å². The molecule has 29 heavy (non-hydrogen) atoms. The first-order chi connectivity index (χ1) is 14.0. The molecular weight excluding hydrogens is 370 g/mol. The summed E-state index contributed by atoms with van der Waals surface area (Å²) in [5, 5.41) is 2.97. The fourth-order valence-electron chi connectivity index (χ4n) is 4.50. The summed E-state index contributed by atoms with van der Waals surface area (Å²) in [7, 11) is 3.23. The van der Waals surface area contributed by atoms with Crippen molar-refractivity contribution >= 4 is 11.9 Å². The first-order valence-electron chi connectivity index (χ1n) is 10.6. The van der Waals surface area contributed by atoms with Gasteiger partial charge >= 0.3 is 6.03 Å². The number of hydrogen-bond acceptors (Lipinski definition) is 4. The molecule has 0 bridgehead atoms. The number of para-hydroxylation sites is 1. The van der Waals surface area contributed by atoms with E-state index < -0.39 is 5.41 Å². The monoisotopic (exact) mass is 403 g/mol. The lowest BCUT2D eigenvalue weighted by Gasteiger charge is -2.39. The van der Waals surface area contributed by atoms with Crippen LogP contribution in [0.25, 0.3) is 0 Å². The molecule has 3 rings (SSSR count). The summed E-state index contributed by atoms with van der Waals surface area (Å²) in [6.45, 7) is 5.15. The second-order valence-corrected chi connectivity index (χ2v) is 8.02. The SMILES string of the molecule is CCCCNC(=O)N1CCC2(CCCN(Cc3cccc(OC)c3OC)C2=O)C1. The molecule has 2 aliphatic heterocycles. The van der Waals surface area contributed by atoms with Gasteiger partial charge in [-0.05, 0) is 31.7 Å². The lowest BCUT2D eigenvalue weighted by atomic mass is 9.78. The number of carbonyl (C=O) groups excluding carboxylic acids is 2. The molecule has 1 atom stereocenters. The maximum atomic E-state index is 13.4. The number of piperidine rings is 1. The highest BCUT2D eigenvalue weighted by atomic mass is 16.5. The third-order valence-electron chi connectivity index (χ3n) is 6.12. The number of likely N-dealkylation sites (tertiary alicyclic amines) is 2. The number of carbonyl (C=O) groups is 2. The topological polar surface area (TPSA) is 71.1 Å². The molecule has 2 heterocycles. The number of amides is 3. The summed E-state index contributed by atoms with van der Waals surface area (Å²) < 4.78 is 10.9. The van der Waals surface area contributed by atoms with Gasteiger partial charge in [0.1, 0.15) is 0 Å². The minimum atomic E-state index is -0.452. The fourth-order valence-corrected chi connectivity index (χ4v) is 4.50. The largest absolute Gasteiger partial charge is 0.493 e. The number of ether oxygens (including phenoxy) is 2. The molecule has 2 aliphatic rings. The van der Waals surface area contributed by atoms with Gasteiger partial charge in [0.15, 0.2) is 11.5 Å². The molecule has 1 aromatic carbocycles. The zero-order valence-corrected chi connectivity index (χ0v) is 17.8. The van der Waals surface area contributed by atoms with E-state index >= 15 is 0 Å². The Morgan fingerprint density at radius 2 is 2.03 bits per heavy atom. The average Bonchev–Trinajstić information content (AvgIpc) is 3.16. The van der Waals surface area contributed by atoms with Gasteiger partial charge in [-0.2, -0.15) is 0 Å². The van der Waals surface area contributed by atoms with Gasteiger partial charge in [0.25, 0.3) is 0 Å². The fraction of sp³-hybridized carbons (Fsp3) is 0.636. The van der Waals surface area contributed by atoms with Gasteiger partial charge in [0.2, 0.25) is 5.91 Å². The standard InChI is InChI=1S/C22H33N3O4/c1-4-5-12-23-21(27)25-14-11-22(16-25)10-7-13-24(20(22)26)15-17-8-6-9-18(28-2)19(17)29-3/h6,8-9H,4-5,7,10-16H2,1-3H3,(H,23,27). The molecule has 0 saturated carbocycles. The van der Waals surface area contributed by atoms with Crippen molar-refractivity contribution in [1.82, 2.24) is 15.1 Å². The number of benzene rings is 1. The number of unbranched alkanes of at least 4 members (excludes halogenated alkanes) is 1. The summed E-state index contributed by atoms with van der Waals surface area (Å²) in [5.41, 5.74) is 0.483. The van der Waals surface area contributed by atoms with E-state index in [1.807, 2.05) is 28.0 Å². The lowest BCUT2D eigenvalue weighted by Crippen LogP contribution is -2.50. The Morgan fingerprint density at radius 1 is 1.21 bits per heavy atom. The molecule has 0 radical (unpaired) electrons. The Labute approximate surface area is 173 Å². The highest BCUT2D eigenvalue weighted by Crippen LogP contribution is 2.41. The zero-order valence-electron chi connectivity index (χ0n) is 17.8. The van der Waals surface area contributed by atoms with E-state index in [-0.39, 0.29) is 11.9 Å². The third kappa shape index (κ3) is 4.43. The molecule has 1 aromatic rings. The molecule has 7 nitrogen and oxygen atoms in total. The van der Waals surface area contributed by atoms with Crippen LogP contribution in [0, 0.1) is 5.41 Å². The normalized spacial score (nSPS) is 21.6. The predicted molar refractivity (Wildman–Crippen MR) is 111 cm³/mol. The number of nitrogens with one attached hydrogen (secondary N) is 1. The Hall–Kier alpha value is -2.44. The Kier molecular flexibility index (Phi) is 6.87. The minimum Gasteiger partial charge on any atom is -0.493 e. The molecule has 2 saturated heterocycles. The van der Waals surface area contributed by atoms with Gasteiger partial charge in [-0.15, -0.1) is 0 Å². The van der Waals surface area contributed by atoms with Gasteiger partial charge in [-0.1, -0.05) is 25.5 Å². The van der Waals surface area contributed by atoms with Crippen molar-refractivity contribution in [2.45, 2.75) is 45.6 Å². The van der Waals surface area contributed by atoms with Crippen LogP contribution in [0.4, 0.5) is 4.79 Å². The zero-order chi connectivity index (χ0) is 20.9. The van der Waals surface area contributed by atoms with Crippen LogP contribution in [0.15, 0.2) is 18.2 Å².